The lowest BCUT2D eigenvalue weighted by atomic mass is 9.93. The lowest BCUT2D eigenvalue weighted by Gasteiger charge is -2.31. The van der Waals surface area contributed by atoms with Crippen LogP contribution in [-0.2, 0) is 11.2 Å². The SMILES string of the molecule is Cc1cc(-c2c[nH]c3ncc(-c4cc(C)c(C)c(CC[C@H]5CN(C)CCN5)c4)nc23)ccc1C(=O)N1CCOCC1. The van der Waals surface area contributed by atoms with Crippen molar-refractivity contribution in [3.8, 4) is 22.4 Å². The van der Waals surface area contributed by atoms with Gasteiger partial charge in [-0.1, -0.05) is 12.1 Å². The van der Waals surface area contributed by atoms with Crippen molar-refractivity contribution >= 4 is 17.1 Å². The van der Waals surface area contributed by atoms with Crippen LogP contribution in [0.15, 0.2) is 42.7 Å². The van der Waals surface area contributed by atoms with Crippen LogP contribution in [0.3, 0.4) is 0 Å². The predicted molar refractivity (Wildman–Crippen MR) is 163 cm³/mol. The van der Waals surface area contributed by atoms with Crippen molar-refractivity contribution in [1.82, 2.24) is 30.1 Å². The number of aryl methyl sites for hydroxylation is 3. The standard InChI is InChI=1S/C33H40N6O2/c1-21-15-26(17-24(23(21)3)5-7-27-20-38(4)10-9-34-27)30-19-36-32-31(37-30)29(18-35-32)25-6-8-28(22(2)16-25)33(40)39-11-13-41-14-12-39/h6,8,15-19,27,34H,5,7,9-14,20H2,1-4H3,(H,35,36)/t27-/m0/s1. The molecule has 1 atom stereocenters. The van der Waals surface area contributed by atoms with Gasteiger partial charge in [-0.15, -0.1) is 0 Å². The van der Waals surface area contributed by atoms with Gasteiger partial charge in [0.1, 0.15) is 5.52 Å². The van der Waals surface area contributed by atoms with Gasteiger partial charge in [0.05, 0.1) is 25.1 Å². The number of piperazine rings is 1. The number of hydrogen-bond donors (Lipinski definition) is 2. The van der Waals surface area contributed by atoms with Crippen LogP contribution in [0.1, 0.15) is 39.0 Å². The lowest BCUT2D eigenvalue weighted by Crippen LogP contribution is -2.49. The Balaban J connectivity index is 1.27. The maximum Gasteiger partial charge on any atom is 0.254 e. The zero-order valence-electron chi connectivity index (χ0n) is 24.6. The number of carbonyl (C=O) groups is 1. The Morgan fingerprint density at radius 2 is 1.85 bits per heavy atom. The second kappa shape index (κ2) is 11.7. The number of rotatable bonds is 6. The van der Waals surface area contributed by atoms with Crippen LogP contribution >= 0.6 is 0 Å². The fourth-order valence-electron chi connectivity index (χ4n) is 6.11. The van der Waals surface area contributed by atoms with Gasteiger partial charge < -0.3 is 24.8 Å². The van der Waals surface area contributed by atoms with Crippen molar-refractivity contribution in [1.29, 1.82) is 0 Å². The summed E-state index contributed by atoms with van der Waals surface area (Å²) in [4.78, 5) is 30.5. The third-order valence-corrected chi connectivity index (χ3v) is 8.74. The summed E-state index contributed by atoms with van der Waals surface area (Å²) in [5.74, 6) is 0.0650. The van der Waals surface area contributed by atoms with Gasteiger partial charge in [0.2, 0.25) is 0 Å². The zero-order valence-corrected chi connectivity index (χ0v) is 24.6. The fraction of sp³-hybridized carbons (Fsp3) is 0.424. The summed E-state index contributed by atoms with van der Waals surface area (Å²) >= 11 is 0. The molecule has 2 aromatic carbocycles. The lowest BCUT2D eigenvalue weighted by molar-refractivity contribution is 0.0302. The number of hydrogen-bond acceptors (Lipinski definition) is 6. The summed E-state index contributed by atoms with van der Waals surface area (Å²) in [7, 11) is 2.20. The van der Waals surface area contributed by atoms with Gasteiger partial charge in [0.25, 0.3) is 5.91 Å². The second-order valence-corrected chi connectivity index (χ2v) is 11.6. The summed E-state index contributed by atoms with van der Waals surface area (Å²) in [5, 5.41) is 3.68. The van der Waals surface area contributed by atoms with Crippen molar-refractivity contribution < 1.29 is 9.53 Å². The average molecular weight is 553 g/mol. The van der Waals surface area contributed by atoms with Gasteiger partial charge >= 0.3 is 0 Å². The van der Waals surface area contributed by atoms with Gasteiger partial charge in [0, 0.05) is 61.7 Å². The van der Waals surface area contributed by atoms with E-state index in [0.29, 0.717) is 32.3 Å². The number of aromatic amines is 1. The minimum absolute atomic E-state index is 0.0650. The van der Waals surface area contributed by atoms with Gasteiger partial charge in [-0.2, -0.15) is 0 Å². The first-order valence-electron chi connectivity index (χ1n) is 14.7. The number of nitrogens with zero attached hydrogens (tertiary/aromatic N) is 4. The van der Waals surface area contributed by atoms with Crippen LogP contribution in [0.25, 0.3) is 33.5 Å². The summed E-state index contributed by atoms with van der Waals surface area (Å²) in [6.07, 6.45) is 5.98. The molecule has 4 heterocycles. The van der Waals surface area contributed by atoms with Gasteiger partial charge in [0.15, 0.2) is 5.65 Å². The van der Waals surface area contributed by atoms with E-state index in [-0.39, 0.29) is 5.91 Å². The molecular formula is C33H40N6O2. The summed E-state index contributed by atoms with van der Waals surface area (Å²) < 4.78 is 5.41. The molecule has 41 heavy (non-hydrogen) atoms. The molecule has 2 fully saturated rings. The molecule has 0 saturated carbocycles. The second-order valence-electron chi connectivity index (χ2n) is 11.6. The highest BCUT2D eigenvalue weighted by Gasteiger charge is 2.21. The highest BCUT2D eigenvalue weighted by atomic mass is 16.5. The number of ether oxygens (including phenoxy) is 1. The molecule has 0 radical (unpaired) electrons. The average Bonchev–Trinajstić information content (AvgIpc) is 3.41. The van der Waals surface area contributed by atoms with E-state index in [1.54, 1.807) is 0 Å². The van der Waals surface area contributed by atoms with E-state index in [1.165, 1.54) is 16.7 Å². The largest absolute Gasteiger partial charge is 0.378 e. The molecule has 0 unspecified atom stereocenters. The number of likely N-dealkylation sites (N-methyl/N-ethyl adjacent to an activating group) is 1. The quantitative estimate of drug-likeness (QED) is 0.366. The summed E-state index contributed by atoms with van der Waals surface area (Å²) in [6, 6.07) is 11.1. The molecule has 1 amide bonds. The Hall–Kier alpha value is -3.59. The number of morpholine rings is 1. The molecule has 0 spiro atoms. The third-order valence-electron chi connectivity index (χ3n) is 8.74. The molecule has 8 nitrogen and oxygen atoms in total. The van der Waals surface area contributed by atoms with Crippen molar-refractivity contribution in [3.63, 3.8) is 0 Å². The highest BCUT2D eigenvalue weighted by Crippen LogP contribution is 2.31. The van der Waals surface area contributed by atoms with Gasteiger partial charge in [-0.25, -0.2) is 9.97 Å². The number of benzene rings is 2. The Bertz CT molecular complexity index is 1570. The third kappa shape index (κ3) is 5.77. The highest BCUT2D eigenvalue weighted by molar-refractivity contribution is 5.97. The van der Waals surface area contributed by atoms with E-state index in [0.717, 1.165) is 77.2 Å². The van der Waals surface area contributed by atoms with E-state index in [2.05, 4.69) is 54.3 Å². The van der Waals surface area contributed by atoms with Crippen molar-refractivity contribution in [2.45, 2.75) is 39.7 Å². The molecule has 2 aliphatic rings. The topological polar surface area (TPSA) is 86.4 Å². The molecule has 214 valence electrons. The fourth-order valence-corrected chi connectivity index (χ4v) is 6.11. The Kier molecular flexibility index (Phi) is 7.88. The Labute approximate surface area is 242 Å². The molecule has 0 aliphatic carbocycles. The number of aromatic nitrogens is 3. The molecule has 6 rings (SSSR count). The van der Waals surface area contributed by atoms with Crippen LogP contribution < -0.4 is 5.32 Å². The molecule has 8 heteroatoms. The first-order valence-corrected chi connectivity index (χ1v) is 14.7. The molecule has 2 aliphatic heterocycles. The molecule has 2 saturated heterocycles. The van der Waals surface area contributed by atoms with Crippen LogP contribution in [0, 0.1) is 20.8 Å². The summed E-state index contributed by atoms with van der Waals surface area (Å²) in [5.41, 5.74) is 11.3. The van der Waals surface area contributed by atoms with Crippen LogP contribution in [0.2, 0.25) is 0 Å². The van der Waals surface area contributed by atoms with Crippen LogP contribution in [0.5, 0.6) is 0 Å². The number of carbonyl (C=O) groups excluding carboxylic acids is 1. The van der Waals surface area contributed by atoms with E-state index < -0.39 is 0 Å². The maximum atomic E-state index is 13.1. The van der Waals surface area contributed by atoms with Gasteiger partial charge in [-0.3, -0.25) is 4.79 Å². The van der Waals surface area contributed by atoms with Crippen molar-refractivity contribution in [2.75, 3.05) is 53.0 Å². The zero-order chi connectivity index (χ0) is 28.5. The minimum atomic E-state index is 0.0650. The number of nitrogens with one attached hydrogen (secondary N) is 2. The number of amides is 1. The predicted octanol–water partition coefficient (Wildman–Crippen LogP) is 4.53. The monoisotopic (exact) mass is 552 g/mol. The van der Waals surface area contributed by atoms with E-state index >= 15 is 0 Å². The van der Waals surface area contributed by atoms with Crippen LogP contribution in [-0.4, -0.2) is 89.7 Å². The Morgan fingerprint density at radius 1 is 1.05 bits per heavy atom. The van der Waals surface area contributed by atoms with Crippen LogP contribution in [0.4, 0.5) is 0 Å². The van der Waals surface area contributed by atoms with Gasteiger partial charge in [-0.05, 0) is 86.7 Å². The normalized spacial score (nSPS) is 18.2. The van der Waals surface area contributed by atoms with E-state index in [9.17, 15) is 4.79 Å². The molecular weight excluding hydrogens is 512 g/mol. The molecule has 0 bridgehead atoms. The first-order chi connectivity index (χ1) is 19.9. The first kappa shape index (κ1) is 27.6. The van der Waals surface area contributed by atoms with Crippen molar-refractivity contribution in [2.24, 2.45) is 0 Å². The minimum Gasteiger partial charge on any atom is -0.378 e. The molecule has 2 aromatic heterocycles. The smallest absolute Gasteiger partial charge is 0.254 e. The molecule has 4 aromatic rings. The maximum absolute atomic E-state index is 13.1. The number of H-pyrrole nitrogens is 1. The Morgan fingerprint density at radius 3 is 2.63 bits per heavy atom. The molecule has 2 N–H and O–H groups in total. The summed E-state index contributed by atoms with van der Waals surface area (Å²) in [6.45, 7) is 12.1. The van der Waals surface area contributed by atoms with Crippen molar-refractivity contribution in [3.05, 3.63) is 70.5 Å². The van der Waals surface area contributed by atoms with E-state index in [4.69, 9.17) is 14.7 Å². The number of fused-ring (bicyclic) bond motifs is 1. The van der Waals surface area contributed by atoms with E-state index in [1.807, 2.05) is 36.4 Å².